The van der Waals surface area contributed by atoms with Gasteiger partial charge in [-0.05, 0) is 35.9 Å². The summed E-state index contributed by atoms with van der Waals surface area (Å²) in [5, 5.41) is 8.81. The Labute approximate surface area is 117 Å². The Morgan fingerprint density at radius 2 is 2.00 bits per heavy atom. The molecule has 0 unspecified atom stereocenters. The third kappa shape index (κ3) is 3.56. The minimum Gasteiger partial charge on any atom is -0.489 e. The molecule has 0 aliphatic rings. The van der Waals surface area contributed by atoms with Crippen molar-refractivity contribution in [2.24, 2.45) is 0 Å². The van der Waals surface area contributed by atoms with E-state index in [1.807, 2.05) is 24.3 Å². The van der Waals surface area contributed by atoms with Gasteiger partial charge in [-0.15, -0.1) is 0 Å². The fraction of sp³-hybridized carbons (Fsp3) is 0.188. The Bertz CT molecular complexity index is 635. The van der Waals surface area contributed by atoms with Crippen molar-refractivity contribution in [2.45, 2.75) is 13.2 Å². The largest absolute Gasteiger partial charge is 0.489 e. The van der Waals surface area contributed by atoms with E-state index in [2.05, 4.69) is 0 Å². The summed E-state index contributed by atoms with van der Waals surface area (Å²) >= 11 is 0. The quantitative estimate of drug-likeness (QED) is 0.836. The van der Waals surface area contributed by atoms with E-state index in [0.717, 1.165) is 5.56 Å². The van der Waals surface area contributed by atoms with Crippen molar-refractivity contribution in [2.75, 3.05) is 7.11 Å². The average Bonchev–Trinajstić information content (AvgIpc) is 2.47. The third-order valence-corrected chi connectivity index (χ3v) is 2.78. The van der Waals surface area contributed by atoms with Crippen molar-refractivity contribution in [3.05, 3.63) is 65.0 Å². The Hall–Kier alpha value is -2.38. The molecule has 2 rings (SSSR count). The zero-order valence-electron chi connectivity index (χ0n) is 11.1. The van der Waals surface area contributed by atoms with Crippen LogP contribution < -0.4 is 4.74 Å². The van der Waals surface area contributed by atoms with Gasteiger partial charge in [0.25, 0.3) is 0 Å². The van der Waals surface area contributed by atoms with Crippen molar-refractivity contribution in [1.29, 1.82) is 5.26 Å². The molecule has 2 aromatic carbocycles. The maximum absolute atomic E-state index is 13.6. The summed E-state index contributed by atoms with van der Waals surface area (Å²) in [6.07, 6.45) is 0. The molecule has 2 aromatic rings. The molecule has 0 saturated heterocycles. The SMILES string of the molecule is COCc1cccc(OCc2cc(C#N)ccc2F)c1. The fourth-order valence-electron chi connectivity index (χ4n) is 1.81. The topological polar surface area (TPSA) is 42.2 Å². The number of methoxy groups -OCH3 is 1. The van der Waals surface area contributed by atoms with Crippen LogP contribution in [0.25, 0.3) is 0 Å². The average molecular weight is 271 g/mol. The van der Waals surface area contributed by atoms with Gasteiger partial charge in [-0.3, -0.25) is 0 Å². The van der Waals surface area contributed by atoms with Crippen LogP contribution in [0.2, 0.25) is 0 Å². The van der Waals surface area contributed by atoms with E-state index < -0.39 is 0 Å². The highest BCUT2D eigenvalue weighted by Gasteiger charge is 2.05. The Morgan fingerprint density at radius 3 is 2.75 bits per heavy atom. The Balaban J connectivity index is 2.09. The molecule has 0 aromatic heterocycles. The summed E-state index contributed by atoms with van der Waals surface area (Å²) in [6, 6.07) is 13.6. The molecular weight excluding hydrogens is 257 g/mol. The molecular formula is C16H14FNO2. The molecule has 0 saturated carbocycles. The van der Waals surface area contributed by atoms with Crippen molar-refractivity contribution in [1.82, 2.24) is 0 Å². The number of halogens is 1. The molecule has 0 spiro atoms. The van der Waals surface area contributed by atoms with Crippen LogP contribution >= 0.6 is 0 Å². The highest BCUT2D eigenvalue weighted by molar-refractivity contribution is 5.34. The molecule has 0 radical (unpaired) electrons. The summed E-state index contributed by atoms with van der Waals surface area (Å²) in [6.45, 7) is 0.577. The fourth-order valence-corrected chi connectivity index (χ4v) is 1.81. The number of rotatable bonds is 5. The summed E-state index contributed by atoms with van der Waals surface area (Å²) in [4.78, 5) is 0. The number of nitriles is 1. The van der Waals surface area contributed by atoms with Gasteiger partial charge in [-0.1, -0.05) is 12.1 Å². The zero-order chi connectivity index (χ0) is 14.4. The predicted molar refractivity (Wildman–Crippen MR) is 72.6 cm³/mol. The molecule has 0 atom stereocenters. The second-order valence-corrected chi connectivity index (χ2v) is 4.29. The van der Waals surface area contributed by atoms with Crippen molar-refractivity contribution < 1.29 is 13.9 Å². The van der Waals surface area contributed by atoms with E-state index in [4.69, 9.17) is 14.7 Å². The molecule has 0 aliphatic carbocycles. The van der Waals surface area contributed by atoms with Crippen LogP contribution in [0.5, 0.6) is 5.75 Å². The van der Waals surface area contributed by atoms with Crippen LogP contribution in [0.15, 0.2) is 42.5 Å². The minimum atomic E-state index is -0.378. The second kappa shape index (κ2) is 6.69. The van der Waals surface area contributed by atoms with Crippen LogP contribution in [-0.4, -0.2) is 7.11 Å². The molecule has 0 bridgehead atoms. The maximum atomic E-state index is 13.6. The first kappa shape index (κ1) is 14.0. The highest BCUT2D eigenvalue weighted by Crippen LogP contribution is 2.17. The lowest BCUT2D eigenvalue weighted by Crippen LogP contribution is -2.00. The maximum Gasteiger partial charge on any atom is 0.129 e. The summed E-state index contributed by atoms with van der Waals surface area (Å²) in [5.74, 6) is 0.262. The Morgan fingerprint density at radius 1 is 1.15 bits per heavy atom. The van der Waals surface area contributed by atoms with E-state index in [9.17, 15) is 4.39 Å². The lowest BCUT2D eigenvalue weighted by Gasteiger charge is -2.09. The second-order valence-electron chi connectivity index (χ2n) is 4.29. The van der Waals surface area contributed by atoms with Gasteiger partial charge in [-0.25, -0.2) is 4.39 Å². The molecule has 0 aliphatic heterocycles. The van der Waals surface area contributed by atoms with Crippen molar-refractivity contribution in [3.63, 3.8) is 0 Å². The van der Waals surface area contributed by atoms with Crippen LogP contribution in [0.1, 0.15) is 16.7 Å². The van der Waals surface area contributed by atoms with Gasteiger partial charge < -0.3 is 9.47 Å². The van der Waals surface area contributed by atoms with Gasteiger partial charge in [0.2, 0.25) is 0 Å². The number of ether oxygens (including phenoxy) is 2. The van der Waals surface area contributed by atoms with Gasteiger partial charge in [0.15, 0.2) is 0 Å². The molecule has 0 fully saturated rings. The minimum absolute atomic E-state index is 0.0811. The van der Waals surface area contributed by atoms with Crippen LogP contribution in [0.3, 0.4) is 0 Å². The predicted octanol–water partition coefficient (Wildman–Crippen LogP) is 3.42. The first-order valence-electron chi connectivity index (χ1n) is 6.12. The normalized spacial score (nSPS) is 10.1. The van der Waals surface area contributed by atoms with E-state index in [-0.39, 0.29) is 12.4 Å². The molecule has 0 amide bonds. The smallest absolute Gasteiger partial charge is 0.129 e. The summed E-state index contributed by atoms with van der Waals surface area (Å²) in [7, 11) is 1.62. The first-order valence-corrected chi connectivity index (χ1v) is 6.12. The summed E-state index contributed by atoms with van der Waals surface area (Å²) < 4.78 is 24.2. The van der Waals surface area contributed by atoms with Crippen LogP contribution in [0, 0.1) is 17.1 Å². The van der Waals surface area contributed by atoms with Gasteiger partial charge in [-0.2, -0.15) is 5.26 Å². The first-order chi connectivity index (χ1) is 9.72. The standard InChI is InChI=1S/C16H14FNO2/c1-19-10-13-3-2-4-15(8-13)20-11-14-7-12(9-18)5-6-16(14)17/h2-8H,10-11H2,1H3. The van der Waals surface area contributed by atoms with Crippen molar-refractivity contribution in [3.8, 4) is 11.8 Å². The lowest BCUT2D eigenvalue weighted by atomic mass is 10.1. The van der Waals surface area contributed by atoms with Gasteiger partial charge in [0.1, 0.15) is 18.2 Å². The molecule has 102 valence electrons. The molecule has 4 heteroatoms. The van der Waals surface area contributed by atoms with E-state index >= 15 is 0 Å². The zero-order valence-corrected chi connectivity index (χ0v) is 11.1. The van der Waals surface area contributed by atoms with Crippen molar-refractivity contribution >= 4 is 0 Å². The van der Waals surface area contributed by atoms with Crippen LogP contribution in [0.4, 0.5) is 4.39 Å². The van der Waals surface area contributed by atoms with Gasteiger partial charge in [0.05, 0.1) is 18.2 Å². The van der Waals surface area contributed by atoms with E-state index in [0.29, 0.717) is 23.5 Å². The number of hydrogen-bond donors (Lipinski definition) is 0. The number of benzene rings is 2. The molecule has 0 heterocycles. The monoisotopic (exact) mass is 271 g/mol. The van der Waals surface area contributed by atoms with E-state index in [1.165, 1.54) is 18.2 Å². The van der Waals surface area contributed by atoms with Gasteiger partial charge >= 0.3 is 0 Å². The Kier molecular flexibility index (Phi) is 4.70. The third-order valence-electron chi connectivity index (χ3n) is 2.78. The molecule has 0 N–H and O–H groups in total. The number of hydrogen-bond acceptors (Lipinski definition) is 3. The summed E-state index contributed by atoms with van der Waals surface area (Å²) in [5.41, 5.74) is 1.76. The van der Waals surface area contributed by atoms with Crippen LogP contribution in [-0.2, 0) is 18.0 Å². The molecule has 20 heavy (non-hydrogen) atoms. The van der Waals surface area contributed by atoms with E-state index in [1.54, 1.807) is 13.2 Å². The molecule has 3 nitrogen and oxygen atoms in total. The lowest BCUT2D eigenvalue weighted by molar-refractivity contribution is 0.184. The number of nitrogens with zero attached hydrogens (tertiary/aromatic N) is 1. The van der Waals surface area contributed by atoms with Gasteiger partial charge in [0, 0.05) is 12.7 Å². The highest BCUT2D eigenvalue weighted by atomic mass is 19.1.